The molecule has 2 aromatic carbocycles. The summed E-state index contributed by atoms with van der Waals surface area (Å²) in [6.07, 6.45) is 7.78. The van der Waals surface area contributed by atoms with Gasteiger partial charge >= 0.3 is 10.2 Å². The van der Waals surface area contributed by atoms with E-state index in [2.05, 4.69) is 21.4 Å². The molecular formula is C31H38N4O4S. The summed E-state index contributed by atoms with van der Waals surface area (Å²) in [4.78, 5) is 28.6. The molecule has 2 amide bonds. The van der Waals surface area contributed by atoms with Gasteiger partial charge in [0.05, 0.1) is 12.2 Å². The van der Waals surface area contributed by atoms with Crippen LogP contribution in [0.15, 0.2) is 48.0 Å². The molecule has 1 fully saturated rings. The molecule has 5 rings (SSSR count). The highest BCUT2D eigenvalue weighted by molar-refractivity contribution is 7.87. The Labute approximate surface area is 236 Å². The van der Waals surface area contributed by atoms with Crippen molar-refractivity contribution in [3.05, 3.63) is 64.7 Å². The van der Waals surface area contributed by atoms with Gasteiger partial charge in [0, 0.05) is 54.8 Å². The molecule has 0 unspecified atom stereocenters. The highest BCUT2D eigenvalue weighted by Gasteiger charge is 2.31. The maximum absolute atomic E-state index is 13.7. The first kappa shape index (κ1) is 28.1. The molecule has 0 saturated heterocycles. The van der Waals surface area contributed by atoms with E-state index in [1.54, 1.807) is 12.1 Å². The van der Waals surface area contributed by atoms with Crippen molar-refractivity contribution in [3.63, 3.8) is 0 Å². The van der Waals surface area contributed by atoms with E-state index in [-0.39, 0.29) is 11.5 Å². The van der Waals surface area contributed by atoms with E-state index in [0.29, 0.717) is 31.1 Å². The summed E-state index contributed by atoms with van der Waals surface area (Å²) in [5, 5.41) is 1.06. The van der Waals surface area contributed by atoms with E-state index in [1.807, 2.05) is 43.0 Å². The monoisotopic (exact) mass is 562 g/mol. The molecule has 3 aromatic rings. The minimum absolute atomic E-state index is 0.000284. The zero-order valence-corrected chi connectivity index (χ0v) is 24.6. The fraction of sp³-hybridized carbons (Fsp3) is 0.419. The lowest BCUT2D eigenvalue weighted by molar-refractivity contribution is -0.126. The van der Waals surface area contributed by atoms with Crippen LogP contribution in [0.3, 0.4) is 0 Å². The van der Waals surface area contributed by atoms with Crippen LogP contribution in [0.1, 0.15) is 73.4 Å². The largest absolute Gasteiger partial charge is 0.339 e. The van der Waals surface area contributed by atoms with E-state index in [0.717, 1.165) is 44.9 Å². The third-order valence-corrected chi connectivity index (χ3v) is 9.69. The second-order valence-electron chi connectivity index (χ2n) is 10.9. The van der Waals surface area contributed by atoms with Crippen LogP contribution < -0.4 is 4.72 Å². The minimum atomic E-state index is -3.94. The Kier molecular flexibility index (Phi) is 7.88. The van der Waals surface area contributed by atoms with E-state index in [9.17, 15) is 18.0 Å². The van der Waals surface area contributed by atoms with Gasteiger partial charge in [-0.1, -0.05) is 49.6 Å². The van der Waals surface area contributed by atoms with Gasteiger partial charge in [0.25, 0.3) is 11.8 Å². The van der Waals surface area contributed by atoms with E-state index in [1.165, 1.54) is 38.9 Å². The summed E-state index contributed by atoms with van der Waals surface area (Å²) in [7, 11) is -1.19. The lowest BCUT2D eigenvalue weighted by Crippen LogP contribution is -2.39. The number of rotatable bonds is 7. The van der Waals surface area contributed by atoms with Crippen molar-refractivity contribution in [2.45, 2.75) is 58.4 Å². The van der Waals surface area contributed by atoms with Gasteiger partial charge in [-0.2, -0.15) is 12.7 Å². The van der Waals surface area contributed by atoms with Crippen LogP contribution >= 0.6 is 0 Å². The number of carbonyl (C=O) groups is 2. The first-order chi connectivity index (χ1) is 19.2. The highest BCUT2D eigenvalue weighted by Crippen LogP contribution is 2.46. The van der Waals surface area contributed by atoms with Crippen molar-refractivity contribution in [1.82, 2.24) is 18.5 Å². The minimum Gasteiger partial charge on any atom is -0.339 e. The van der Waals surface area contributed by atoms with Crippen molar-refractivity contribution >= 4 is 39.0 Å². The average molecular weight is 563 g/mol. The Bertz CT molecular complexity index is 1590. The third-order valence-electron chi connectivity index (χ3n) is 8.28. The first-order valence-electron chi connectivity index (χ1n) is 14.2. The van der Waals surface area contributed by atoms with Crippen molar-refractivity contribution < 1.29 is 18.0 Å². The molecule has 1 N–H and O–H groups in total. The van der Waals surface area contributed by atoms with Gasteiger partial charge in [0.15, 0.2) is 0 Å². The molecule has 1 saturated carbocycles. The molecule has 1 aliphatic carbocycles. The number of nitrogens with zero attached hydrogens (tertiary/aromatic N) is 3. The predicted molar refractivity (Wildman–Crippen MR) is 159 cm³/mol. The number of fused-ring (bicyclic) bond motifs is 5. The van der Waals surface area contributed by atoms with Crippen LogP contribution in [0.25, 0.3) is 28.2 Å². The van der Waals surface area contributed by atoms with E-state index < -0.39 is 16.1 Å². The average Bonchev–Trinajstić information content (AvgIpc) is 3.16. The van der Waals surface area contributed by atoms with Crippen LogP contribution in [0.5, 0.6) is 0 Å². The van der Waals surface area contributed by atoms with Crippen LogP contribution in [0, 0.1) is 0 Å². The molecule has 212 valence electrons. The topological polar surface area (TPSA) is 91.7 Å². The van der Waals surface area contributed by atoms with Gasteiger partial charge in [-0.3, -0.25) is 9.59 Å². The summed E-state index contributed by atoms with van der Waals surface area (Å²) in [5.74, 6) is -0.316. The van der Waals surface area contributed by atoms with Gasteiger partial charge in [-0.15, -0.1) is 0 Å². The van der Waals surface area contributed by atoms with Crippen LogP contribution in [0.4, 0.5) is 0 Å². The molecule has 2 heterocycles. The SMILES string of the molecule is CCN(CC)C(=O)C1=Cc2ccccc2-c2c(C3CCCCC3)c3ccc(C(=O)NS(=O)(=O)N(C)C)cc3n2C1. The molecule has 40 heavy (non-hydrogen) atoms. The maximum atomic E-state index is 13.7. The number of hydrogen-bond acceptors (Lipinski definition) is 4. The quantitative estimate of drug-likeness (QED) is 0.431. The van der Waals surface area contributed by atoms with Crippen LogP contribution in [0.2, 0.25) is 0 Å². The highest BCUT2D eigenvalue weighted by atomic mass is 32.2. The molecule has 8 nitrogen and oxygen atoms in total. The molecule has 1 aliphatic heterocycles. The molecule has 9 heteroatoms. The van der Waals surface area contributed by atoms with Crippen LogP contribution in [-0.2, 0) is 21.5 Å². The van der Waals surface area contributed by atoms with E-state index >= 15 is 0 Å². The molecule has 0 spiro atoms. The second-order valence-corrected chi connectivity index (χ2v) is 12.8. The Morgan fingerprint density at radius 2 is 1.70 bits per heavy atom. The number of benzene rings is 2. The lowest BCUT2D eigenvalue weighted by atomic mass is 9.81. The normalized spacial score (nSPS) is 15.8. The lowest BCUT2D eigenvalue weighted by Gasteiger charge is -2.24. The fourth-order valence-corrected chi connectivity index (χ4v) is 6.66. The first-order valence-corrected chi connectivity index (χ1v) is 15.6. The molecule has 0 atom stereocenters. The number of hydrogen-bond donors (Lipinski definition) is 1. The Hall–Kier alpha value is -3.43. The standard InChI is InChI=1S/C31H38N4O4S/c1-5-34(6-2)31(37)24-18-22-14-10-11-15-25(22)29-28(21-12-8-7-9-13-21)26-17-16-23(19-27(26)35(29)20-24)30(36)32-40(38,39)33(3)4/h10-11,14-19,21H,5-9,12-13,20H2,1-4H3,(H,32,36). The van der Waals surface area contributed by atoms with Crippen molar-refractivity contribution in [2.24, 2.45) is 0 Å². The van der Waals surface area contributed by atoms with Crippen LogP contribution in [-0.4, -0.2) is 61.2 Å². The third kappa shape index (κ3) is 5.08. The summed E-state index contributed by atoms with van der Waals surface area (Å²) < 4.78 is 30.1. The molecule has 1 aromatic heterocycles. The predicted octanol–water partition coefficient (Wildman–Crippen LogP) is 5.16. The zero-order valence-electron chi connectivity index (χ0n) is 23.7. The number of likely N-dealkylation sites (N-methyl/N-ethyl adjacent to an activating group) is 1. The number of nitrogens with one attached hydrogen (secondary N) is 1. The maximum Gasteiger partial charge on any atom is 0.303 e. The van der Waals surface area contributed by atoms with Gasteiger partial charge in [-0.05, 0) is 61.9 Å². The molecular weight excluding hydrogens is 524 g/mol. The molecule has 0 radical (unpaired) electrons. The van der Waals surface area contributed by atoms with Crippen molar-refractivity contribution in [2.75, 3.05) is 27.2 Å². The van der Waals surface area contributed by atoms with Gasteiger partial charge < -0.3 is 9.47 Å². The number of aromatic nitrogens is 1. The Morgan fingerprint density at radius 3 is 2.38 bits per heavy atom. The summed E-state index contributed by atoms with van der Waals surface area (Å²) in [6, 6.07) is 13.6. The van der Waals surface area contributed by atoms with Gasteiger partial charge in [0.2, 0.25) is 0 Å². The van der Waals surface area contributed by atoms with Crippen molar-refractivity contribution in [3.8, 4) is 11.3 Å². The van der Waals surface area contributed by atoms with E-state index in [4.69, 9.17) is 0 Å². The number of amides is 2. The summed E-state index contributed by atoms with van der Waals surface area (Å²) in [6.45, 7) is 5.56. The van der Waals surface area contributed by atoms with Gasteiger partial charge in [0.1, 0.15) is 0 Å². The molecule has 2 aliphatic rings. The summed E-state index contributed by atoms with van der Waals surface area (Å²) >= 11 is 0. The Balaban J connectivity index is 1.74. The fourth-order valence-electron chi connectivity index (χ4n) is 6.13. The summed E-state index contributed by atoms with van der Waals surface area (Å²) in [5.41, 5.74) is 6.21. The molecule has 0 bridgehead atoms. The Morgan fingerprint density at radius 1 is 1.00 bits per heavy atom. The van der Waals surface area contributed by atoms with Crippen molar-refractivity contribution in [1.29, 1.82) is 0 Å². The second kappa shape index (κ2) is 11.2. The zero-order chi connectivity index (χ0) is 28.6. The smallest absolute Gasteiger partial charge is 0.303 e. The van der Waals surface area contributed by atoms with Gasteiger partial charge in [-0.25, -0.2) is 4.72 Å². The number of carbonyl (C=O) groups excluding carboxylic acids is 2.